The maximum atomic E-state index is 12.8. The number of hydrogen-bond donors (Lipinski definition) is 1. The quantitative estimate of drug-likeness (QED) is 0.424. The third-order valence-electron chi connectivity index (χ3n) is 4.09. The molecule has 0 atom stereocenters. The van der Waals surface area contributed by atoms with Gasteiger partial charge in [0.1, 0.15) is 5.70 Å². The molecule has 0 aromatic heterocycles. The van der Waals surface area contributed by atoms with E-state index in [1.54, 1.807) is 44.4 Å². The highest BCUT2D eigenvalue weighted by Gasteiger charge is 2.21. The molecular weight excluding hydrogens is 523 g/mol. The number of halogens is 2. The Kier molecular flexibility index (Phi) is 8.36. The molecule has 9 heteroatoms. The molecule has 7 nitrogen and oxygen atoms in total. The Morgan fingerprint density at radius 3 is 2.27 bits per heavy atom. The van der Waals surface area contributed by atoms with Gasteiger partial charge in [-0.25, -0.2) is 0 Å². The molecule has 0 unspecified atom stereocenters. The van der Waals surface area contributed by atoms with Crippen LogP contribution in [0.1, 0.15) is 15.9 Å². The number of ether oxygens (including phenoxy) is 3. The maximum absolute atomic E-state index is 12.8. The predicted molar refractivity (Wildman–Crippen MR) is 124 cm³/mol. The second kappa shape index (κ2) is 10.5. The van der Waals surface area contributed by atoms with E-state index < -0.39 is 11.8 Å². The molecule has 0 aliphatic heterocycles. The van der Waals surface area contributed by atoms with E-state index in [1.165, 1.54) is 32.3 Å². The molecule has 30 heavy (non-hydrogen) atoms. The molecule has 0 saturated carbocycles. The molecule has 2 aromatic rings. The summed E-state index contributed by atoms with van der Waals surface area (Å²) in [6, 6.07) is 8.45. The van der Waals surface area contributed by atoms with E-state index in [0.29, 0.717) is 22.8 Å². The van der Waals surface area contributed by atoms with Gasteiger partial charge in [0, 0.05) is 23.2 Å². The van der Waals surface area contributed by atoms with Crippen LogP contribution in [0, 0.1) is 3.57 Å². The molecule has 0 radical (unpaired) electrons. The van der Waals surface area contributed by atoms with Gasteiger partial charge in [-0.1, -0.05) is 11.6 Å². The summed E-state index contributed by atoms with van der Waals surface area (Å²) in [6.45, 7) is 0. The summed E-state index contributed by atoms with van der Waals surface area (Å²) in [6.07, 6.45) is 1.52. The third kappa shape index (κ3) is 5.37. The molecule has 0 saturated heterocycles. The zero-order valence-corrected chi connectivity index (χ0v) is 20.1. The van der Waals surface area contributed by atoms with Crippen molar-refractivity contribution in [2.75, 3.05) is 35.4 Å². The van der Waals surface area contributed by atoms with Crippen LogP contribution in [0.25, 0.3) is 6.08 Å². The summed E-state index contributed by atoms with van der Waals surface area (Å²) < 4.78 is 17.0. The van der Waals surface area contributed by atoms with Crippen LogP contribution in [0.5, 0.6) is 17.2 Å². The van der Waals surface area contributed by atoms with Gasteiger partial charge in [-0.2, -0.15) is 0 Å². The van der Waals surface area contributed by atoms with Gasteiger partial charge < -0.3 is 24.4 Å². The van der Waals surface area contributed by atoms with E-state index in [0.717, 1.165) is 3.57 Å². The molecule has 0 heterocycles. The Hall–Kier alpha value is -2.46. The van der Waals surface area contributed by atoms with Crippen LogP contribution >= 0.6 is 34.2 Å². The van der Waals surface area contributed by atoms with Gasteiger partial charge >= 0.3 is 0 Å². The number of benzene rings is 2. The number of rotatable bonds is 7. The number of carbonyl (C=O) groups excluding carboxylic acids is 2. The lowest BCUT2D eigenvalue weighted by Gasteiger charge is -2.17. The van der Waals surface area contributed by atoms with Crippen LogP contribution in [0.2, 0.25) is 5.02 Å². The van der Waals surface area contributed by atoms with Crippen molar-refractivity contribution in [2.24, 2.45) is 0 Å². The normalized spacial score (nSPS) is 11.0. The van der Waals surface area contributed by atoms with Crippen molar-refractivity contribution in [1.29, 1.82) is 0 Å². The molecule has 0 bridgehead atoms. The first-order valence-electron chi connectivity index (χ1n) is 8.72. The van der Waals surface area contributed by atoms with Gasteiger partial charge in [0.15, 0.2) is 11.5 Å². The summed E-state index contributed by atoms with van der Waals surface area (Å²) >= 11 is 8.25. The Balaban J connectivity index is 2.55. The SMILES string of the molecule is COc1ccc(C=C(NC(=O)c2cc(I)ccc2Cl)C(=O)N(C)C)c(OC)c1OC. The molecule has 160 valence electrons. The lowest BCUT2D eigenvalue weighted by atomic mass is 10.1. The van der Waals surface area contributed by atoms with E-state index in [9.17, 15) is 9.59 Å². The Morgan fingerprint density at radius 1 is 1.03 bits per heavy atom. The van der Waals surface area contributed by atoms with Crippen molar-refractivity contribution < 1.29 is 23.8 Å². The van der Waals surface area contributed by atoms with Gasteiger partial charge in [-0.15, -0.1) is 0 Å². The smallest absolute Gasteiger partial charge is 0.269 e. The minimum Gasteiger partial charge on any atom is -0.493 e. The maximum Gasteiger partial charge on any atom is 0.269 e. The highest BCUT2D eigenvalue weighted by atomic mass is 127. The lowest BCUT2D eigenvalue weighted by Crippen LogP contribution is -2.34. The monoisotopic (exact) mass is 544 g/mol. The fraction of sp³-hybridized carbons (Fsp3) is 0.238. The van der Waals surface area contributed by atoms with Crippen molar-refractivity contribution in [3.8, 4) is 17.2 Å². The van der Waals surface area contributed by atoms with E-state index in [-0.39, 0.29) is 16.3 Å². The second-order valence-corrected chi connectivity index (χ2v) is 7.91. The van der Waals surface area contributed by atoms with Crippen LogP contribution in [-0.2, 0) is 4.79 Å². The summed E-state index contributed by atoms with van der Waals surface area (Å²) in [5, 5.41) is 2.95. The second-order valence-electron chi connectivity index (χ2n) is 6.26. The van der Waals surface area contributed by atoms with Gasteiger partial charge in [0.05, 0.1) is 31.9 Å². The standard InChI is InChI=1S/C21H22ClIN2O5/c1-25(2)21(27)16(24-20(26)14-11-13(23)7-8-15(14)22)10-12-6-9-17(28-3)19(30-5)18(12)29-4/h6-11H,1-5H3,(H,24,26). The van der Waals surface area contributed by atoms with E-state index in [1.807, 2.05) is 0 Å². The van der Waals surface area contributed by atoms with Crippen LogP contribution in [-0.4, -0.2) is 52.1 Å². The zero-order chi connectivity index (χ0) is 22.4. The van der Waals surface area contributed by atoms with Gasteiger partial charge in [0.2, 0.25) is 5.75 Å². The van der Waals surface area contributed by atoms with Crippen molar-refractivity contribution in [3.63, 3.8) is 0 Å². The first-order chi connectivity index (χ1) is 14.2. The molecule has 2 rings (SSSR count). The first kappa shape index (κ1) is 23.8. The van der Waals surface area contributed by atoms with E-state index in [2.05, 4.69) is 27.9 Å². The van der Waals surface area contributed by atoms with Crippen molar-refractivity contribution in [3.05, 3.63) is 55.7 Å². The topological polar surface area (TPSA) is 77.1 Å². The van der Waals surface area contributed by atoms with Gasteiger partial charge in [0.25, 0.3) is 11.8 Å². The van der Waals surface area contributed by atoms with Gasteiger partial charge in [-0.3, -0.25) is 9.59 Å². The molecular formula is C21H22ClIN2O5. The number of nitrogens with one attached hydrogen (secondary N) is 1. The van der Waals surface area contributed by atoms with Crippen LogP contribution in [0.3, 0.4) is 0 Å². The van der Waals surface area contributed by atoms with Crippen LogP contribution in [0.4, 0.5) is 0 Å². The highest BCUT2D eigenvalue weighted by molar-refractivity contribution is 14.1. The van der Waals surface area contributed by atoms with Gasteiger partial charge in [-0.05, 0) is 59.0 Å². The van der Waals surface area contributed by atoms with E-state index >= 15 is 0 Å². The number of amides is 2. The number of hydrogen-bond acceptors (Lipinski definition) is 5. The first-order valence-corrected chi connectivity index (χ1v) is 10.2. The minimum absolute atomic E-state index is 0.0467. The minimum atomic E-state index is -0.501. The number of nitrogens with zero attached hydrogens (tertiary/aromatic N) is 1. The number of likely N-dealkylation sites (N-methyl/N-ethyl adjacent to an activating group) is 1. The summed E-state index contributed by atoms with van der Waals surface area (Å²) in [5.74, 6) is 0.308. The van der Waals surface area contributed by atoms with Crippen molar-refractivity contribution in [1.82, 2.24) is 10.2 Å². The zero-order valence-electron chi connectivity index (χ0n) is 17.2. The Morgan fingerprint density at radius 2 is 1.70 bits per heavy atom. The number of methoxy groups -OCH3 is 3. The molecule has 0 spiro atoms. The molecule has 0 aliphatic rings. The van der Waals surface area contributed by atoms with Crippen LogP contribution in [0.15, 0.2) is 36.0 Å². The van der Waals surface area contributed by atoms with Crippen LogP contribution < -0.4 is 19.5 Å². The van der Waals surface area contributed by atoms with Crippen molar-refractivity contribution in [2.45, 2.75) is 0 Å². The molecule has 0 fully saturated rings. The summed E-state index contributed by atoms with van der Waals surface area (Å²) in [4.78, 5) is 26.9. The average Bonchev–Trinajstić information content (AvgIpc) is 2.73. The molecule has 0 aliphatic carbocycles. The fourth-order valence-electron chi connectivity index (χ4n) is 2.65. The fourth-order valence-corrected chi connectivity index (χ4v) is 3.34. The summed E-state index contributed by atoms with van der Waals surface area (Å²) in [5.41, 5.74) is 0.833. The number of carbonyl (C=O) groups is 2. The lowest BCUT2D eigenvalue weighted by molar-refractivity contribution is -0.124. The molecule has 1 N–H and O–H groups in total. The molecule has 2 aromatic carbocycles. The van der Waals surface area contributed by atoms with E-state index in [4.69, 9.17) is 25.8 Å². The third-order valence-corrected chi connectivity index (χ3v) is 5.09. The molecule has 2 amide bonds. The Bertz CT molecular complexity index is 992. The summed E-state index contributed by atoms with van der Waals surface area (Å²) in [7, 11) is 7.66. The largest absolute Gasteiger partial charge is 0.493 e. The average molecular weight is 545 g/mol. The highest BCUT2D eigenvalue weighted by Crippen LogP contribution is 2.40. The van der Waals surface area contributed by atoms with Crippen molar-refractivity contribution >= 4 is 52.1 Å². The Labute approximate surface area is 194 Å². The predicted octanol–water partition coefficient (Wildman–Crippen LogP) is 3.83.